The summed E-state index contributed by atoms with van der Waals surface area (Å²) in [7, 11) is 0. The predicted octanol–water partition coefficient (Wildman–Crippen LogP) is 3.91. The highest BCUT2D eigenvalue weighted by Gasteiger charge is 2.22. The van der Waals surface area contributed by atoms with Gasteiger partial charge in [0.1, 0.15) is 5.82 Å². The van der Waals surface area contributed by atoms with Gasteiger partial charge in [-0.1, -0.05) is 23.7 Å². The summed E-state index contributed by atoms with van der Waals surface area (Å²) >= 11 is 6.13. The minimum absolute atomic E-state index is 0.278. The number of likely N-dealkylation sites (tertiary alicyclic amines) is 1. The fourth-order valence-electron chi connectivity index (χ4n) is 3.37. The Kier molecular flexibility index (Phi) is 5.76. The summed E-state index contributed by atoms with van der Waals surface area (Å²) in [5, 5.41) is 4.19. The van der Waals surface area contributed by atoms with Crippen molar-refractivity contribution in [2.45, 2.75) is 32.7 Å². The first kappa shape index (κ1) is 18.0. The quantitative estimate of drug-likeness (QED) is 0.847. The van der Waals surface area contributed by atoms with E-state index in [1.165, 1.54) is 19.4 Å². The van der Waals surface area contributed by atoms with E-state index < -0.39 is 0 Å². The Morgan fingerprint density at radius 1 is 1.40 bits per heavy atom. The molecule has 25 heavy (non-hydrogen) atoms. The molecule has 1 aromatic heterocycles. The molecule has 0 aliphatic carbocycles. The SMILES string of the molecule is CC(C)N1CCCC(CNc2nc(N)ncc2-c2cccc(Cl)c2)C1. The molecular formula is C19H26ClN5. The Hall–Kier alpha value is -1.85. The molecule has 1 atom stereocenters. The molecule has 1 unspecified atom stereocenters. The van der Waals surface area contributed by atoms with Gasteiger partial charge in [-0.3, -0.25) is 0 Å². The van der Waals surface area contributed by atoms with E-state index in [2.05, 4.69) is 34.0 Å². The van der Waals surface area contributed by atoms with E-state index >= 15 is 0 Å². The van der Waals surface area contributed by atoms with E-state index in [1.54, 1.807) is 6.20 Å². The topological polar surface area (TPSA) is 67.1 Å². The van der Waals surface area contributed by atoms with Crippen LogP contribution in [0, 0.1) is 5.92 Å². The molecule has 0 saturated carbocycles. The van der Waals surface area contributed by atoms with Crippen molar-refractivity contribution in [3.63, 3.8) is 0 Å². The van der Waals surface area contributed by atoms with Crippen LogP contribution in [0.2, 0.25) is 5.02 Å². The number of nitrogens with two attached hydrogens (primary N) is 1. The maximum atomic E-state index is 6.13. The van der Waals surface area contributed by atoms with Crippen molar-refractivity contribution in [2.24, 2.45) is 5.92 Å². The molecule has 134 valence electrons. The molecule has 1 aliphatic rings. The predicted molar refractivity (Wildman–Crippen MR) is 105 cm³/mol. The first-order valence-corrected chi connectivity index (χ1v) is 9.27. The van der Waals surface area contributed by atoms with Gasteiger partial charge in [-0.05, 0) is 56.8 Å². The lowest BCUT2D eigenvalue weighted by atomic mass is 9.97. The van der Waals surface area contributed by atoms with Crippen LogP contribution in [-0.4, -0.2) is 40.5 Å². The average molecular weight is 360 g/mol. The van der Waals surface area contributed by atoms with Crippen molar-refractivity contribution in [2.75, 3.05) is 30.7 Å². The molecule has 2 heterocycles. The molecule has 3 rings (SSSR count). The molecule has 5 nitrogen and oxygen atoms in total. The molecular weight excluding hydrogens is 334 g/mol. The van der Waals surface area contributed by atoms with Gasteiger partial charge in [0, 0.05) is 35.9 Å². The van der Waals surface area contributed by atoms with E-state index in [0.29, 0.717) is 17.0 Å². The fraction of sp³-hybridized carbons (Fsp3) is 0.474. The Morgan fingerprint density at radius 3 is 3.00 bits per heavy atom. The lowest BCUT2D eigenvalue weighted by molar-refractivity contribution is 0.145. The highest BCUT2D eigenvalue weighted by Crippen LogP contribution is 2.29. The van der Waals surface area contributed by atoms with Crippen molar-refractivity contribution in [3.8, 4) is 11.1 Å². The van der Waals surface area contributed by atoms with Crippen molar-refractivity contribution >= 4 is 23.4 Å². The summed E-state index contributed by atoms with van der Waals surface area (Å²) in [5.74, 6) is 1.66. The van der Waals surface area contributed by atoms with Gasteiger partial charge in [-0.15, -0.1) is 0 Å². The third-order valence-electron chi connectivity index (χ3n) is 4.78. The standard InChI is InChI=1S/C19H26ClN5/c1-13(2)25-8-4-5-14(12-25)10-22-18-17(11-23-19(21)24-18)15-6-3-7-16(20)9-15/h3,6-7,9,11,13-14H,4-5,8,10,12H2,1-2H3,(H3,21,22,23,24). The van der Waals surface area contributed by atoms with E-state index in [4.69, 9.17) is 17.3 Å². The minimum atomic E-state index is 0.278. The van der Waals surface area contributed by atoms with Crippen LogP contribution in [0.25, 0.3) is 11.1 Å². The summed E-state index contributed by atoms with van der Waals surface area (Å²) < 4.78 is 0. The van der Waals surface area contributed by atoms with Crippen LogP contribution in [-0.2, 0) is 0 Å². The molecule has 1 fully saturated rings. The first-order chi connectivity index (χ1) is 12.0. The van der Waals surface area contributed by atoms with Crippen LogP contribution in [0.15, 0.2) is 30.5 Å². The fourth-order valence-corrected chi connectivity index (χ4v) is 3.56. The third kappa shape index (κ3) is 4.61. The van der Waals surface area contributed by atoms with Gasteiger partial charge < -0.3 is 16.0 Å². The molecule has 0 radical (unpaired) electrons. The number of anilines is 2. The molecule has 1 aromatic carbocycles. The Labute approximate surface area is 154 Å². The number of benzene rings is 1. The zero-order valence-corrected chi connectivity index (χ0v) is 15.6. The second kappa shape index (κ2) is 8.02. The van der Waals surface area contributed by atoms with Crippen molar-refractivity contribution < 1.29 is 0 Å². The number of nitrogen functional groups attached to an aromatic ring is 1. The van der Waals surface area contributed by atoms with Crippen molar-refractivity contribution in [1.82, 2.24) is 14.9 Å². The van der Waals surface area contributed by atoms with Gasteiger partial charge in [-0.25, -0.2) is 4.98 Å². The molecule has 6 heteroatoms. The summed E-state index contributed by atoms with van der Waals surface area (Å²) in [4.78, 5) is 11.1. The van der Waals surface area contributed by atoms with Crippen molar-refractivity contribution in [1.29, 1.82) is 0 Å². The van der Waals surface area contributed by atoms with E-state index in [-0.39, 0.29) is 5.95 Å². The number of hydrogen-bond donors (Lipinski definition) is 2. The van der Waals surface area contributed by atoms with Crippen molar-refractivity contribution in [3.05, 3.63) is 35.5 Å². The highest BCUT2D eigenvalue weighted by atomic mass is 35.5. The molecule has 1 aliphatic heterocycles. The average Bonchev–Trinajstić information content (AvgIpc) is 2.60. The van der Waals surface area contributed by atoms with Gasteiger partial charge >= 0.3 is 0 Å². The minimum Gasteiger partial charge on any atom is -0.369 e. The van der Waals surface area contributed by atoms with Gasteiger partial charge in [0.05, 0.1) is 0 Å². The molecule has 0 bridgehead atoms. The Morgan fingerprint density at radius 2 is 2.24 bits per heavy atom. The normalized spacial score (nSPS) is 18.5. The van der Waals surface area contributed by atoms with Crippen LogP contribution < -0.4 is 11.1 Å². The van der Waals surface area contributed by atoms with Gasteiger partial charge in [0.15, 0.2) is 0 Å². The van der Waals surface area contributed by atoms with Gasteiger partial charge in [-0.2, -0.15) is 4.98 Å². The molecule has 1 saturated heterocycles. The van der Waals surface area contributed by atoms with Crippen LogP contribution in [0.4, 0.5) is 11.8 Å². The van der Waals surface area contributed by atoms with Gasteiger partial charge in [0.2, 0.25) is 5.95 Å². The van der Waals surface area contributed by atoms with E-state index in [0.717, 1.165) is 30.0 Å². The number of hydrogen-bond acceptors (Lipinski definition) is 5. The van der Waals surface area contributed by atoms with E-state index in [1.807, 2.05) is 24.3 Å². The maximum absolute atomic E-state index is 6.13. The zero-order chi connectivity index (χ0) is 17.8. The number of halogens is 1. The lowest BCUT2D eigenvalue weighted by Gasteiger charge is -2.35. The van der Waals surface area contributed by atoms with Crippen LogP contribution in [0.1, 0.15) is 26.7 Å². The zero-order valence-electron chi connectivity index (χ0n) is 14.9. The highest BCUT2D eigenvalue weighted by molar-refractivity contribution is 6.30. The Bertz CT molecular complexity index is 719. The smallest absolute Gasteiger partial charge is 0.221 e. The largest absolute Gasteiger partial charge is 0.369 e. The number of aromatic nitrogens is 2. The molecule has 3 N–H and O–H groups in total. The van der Waals surface area contributed by atoms with E-state index in [9.17, 15) is 0 Å². The van der Waals surface area contributed by atoms with Crippen LogP contribution in [0.5, 0.6) is 0 Å². The molecule has 2 aromatic rings. The second-order valence-corrected chi connectivity index (χ2v) is 7.42. The summed E-state index contributed by atoms with van der Waals surface area (Å²) in [6.07, 6.45) is 4.25. The second-order valence-electron chi connectivity index (χ2n) is 6.98. The van der Waals surface area contributed by atoms with Crippen LogP contribution in [0.3, 0.4) is 0 Å². The number of piperidine rings is 1. The number of nitrogens with one attached hydrogen (secondary N) is 1. The molecule has 0 amide bonds. The number of rotatable bonds is 5. The third-order valence-corrected chi connectivity index (χ3v) is 5.02. The lowest BCUT2D eigenvalue weighted by Crippen LogP contribution is -2.41. The molecule has 0 spiro atoms. The summed E-state index contributed by atoms with van der Waals surface area (Å²) in [6, 6.07) is 8.31. The van der Waals surface area contributed by atoms with Gasteiger partial charge in [0.25, 0.3) is 0 Å². The summed E-state index contributed by atoms with van der Waals surface area (Å²) in [5.41, 5.74) is 7.72. The van der Waals surface area contributed by atoms with Crippen LogP contribution >= 0.6 is 11.6 Å². The first-order valence-electron chi connectivity index (χ1n) is 8.89. The number of nitrogens with zero attached hydrogens (tertiary/aromatic N) is 3. The Balaban J connectivity index is 1.75. The monoisotopic (exact) mass is 359 g/mol. The summed E-state index contributed by atoms with van der Waals surface area (Å²) in [6.45, 7) is 7.73. The maximum Gasteiger partial charge on any atom is 0.221 e.